The highest BCUT2D eigenvalue weighted by Crippen LogP contribution is 2.30. The normalized spacial score (nSPS) is 19.9. The molecule has 2 heterocycles. The van der Waals surface area contributed by atoms with E-state index in [1.807, 2.05) is 11.0 Å². The molecule has 0 bridgehead atoms. The molecule has 2 fully saturated rings. The molecule has 2 aromatic carbocycles. The van der Waals surface area contributed by atoms with Gasteiger partial charge in [0.05, 0.1) is 5.92 Å². The predicted octanol–water partition coefficient (Wildman–Crippen LogP) is 4.83. The molecule has 5 nitrogen and oxygen atoms in total. The first kappa shape index (κ1) is 24.4. The molecule has 0 unspecified atom stereocenters. The summed E-state index contributed by atoms with van der Waals surface area (Å²) in [5.41, 5.74) is 1.98. The molecule has 0 aromatic heterocycles. The summed E-state index contributed by atoms with van der Waals surface area (Å²) in [5, 5.41) is 3.08. The lowest BCUT2D eigenvalue weighted by molar-refractivity contribution is -0.274. The molecule has 8 heteroatoms. The van der Waals surface area contributed by atoms with Crippen LogP contribution >= 0.6 is 0 Å². The van der Waals surface area contributed by atoms with Crippen molar-refractivity contribution in [2.24, 2.45) is 11.8 Å². The van der Waals surface area contributed by atoms with E-state index in [9.17, 15) is 18.0 Å². The van der Waals surface area contributed by atoms with E-state index in [2.05, 4.69) is 39.2 Å². The highest BCUT2D eigenvalue weighted by Gasteiger charge is 2.32. The predicted molar refractivity (Wildman–Crippen MR) is 126 cm³/mol. The smallest absolute Gasteiger partial charge is 0.406 e. The molecule has 2 saturated heterocycles. The van der Waals surface area contributed by atoms with Gasteiger partial charge in [0.25, 0.3) is 0 Å². The van der Waals surface area contributed by atoms with Gasteiger partial charge in [0.1, 0.15) is 5.75 Å². The minimum Gasteiger partial charge on any atom is -0.406 e. The third-order valence-corrected chi connectivity index (χ3v) is 6.78. The number of anilines is 1. The van der Waals surface area contributed by atoms with Crippen LogP contribution in [0.4, 0.5) is 18.9 Å². The largest absolute Gasteiger partial charge is 0.573 e. The standard InChI is InChI=1S/C26H32F3N3O2/c27-26(28,29)34-24-8-4-7-23(17-24)32-16-12-22(19-32)25(33)30-13-9-20-10-14-31(15-11-20)18-21-5-2-1-3-6-21/h1-8,17,20,22H,9-16,18-19H2,(H,30,33)/t22-/m1/s1. The Hall–Kier alpha value is -2.74. The molecular formula is C26H32F3N3O2. The minimum absolute atomic E-state index is 0.0340. The Bertz CT molecular complexity index is 930. The first-order valence-electron chi connectivity index (χ1n) is 12.0. The molecule has 34 heavy (non-hydrogen) atoms. The Morgan fingerprint density at radius 2 is 1.76 bits per heavy atom. The van der Waals surface area contributed by atoms with Gasteiger partial charge in [-0.1, -0.05) is 36.4 Å². The van der Waals surface area contributed by atoms with Crippen LogP contribution in [0.1, 0.15) is 31.2 Å². The number of carbonyl (C=O) groups excluding carboxylic acids is 1. The van der Waals surface area contributed by atoms with Crippen molar-refractivity contribution in [3.63, 3.8) is 0 Å². The number of nitrogens with zero attached hydrogens (tertiary/aromatic N) is 2. The summed E-state index contributed by atoms with van der Waals surface area (Å²) in [5.74, 6) is 0.267. The number of hydrogen-bond acceptors (Lipinski definition) is 4. The Balaban J connectivity index is 1.16. The molecule has 0 aliphatic carbocycles. The SMILES string of the molecule is O=C(NCCC1CCN(Cc2ccccc2)CC1)[C@@H]1CCN(c2cccc(OC(F)(F)F)c2)C1. The molecule has 0 radical (unpaired) electrons. The lowest BCUT2D eigenvalue weighted by Crippen LogP contribution is -2.36. The van der Waals surface area contributed by atoms with Gasteiger partial charge in [-0.15, -0.1) is 13.2 Å². The van der Waals surface area contributed by atoms with Crippen molar-refractivity contribution >= 4 is 11.6 Å². The number of rotatable bonds is 8. The summed E-state index contributed by atoms with van der Waals surface area (Å²) in [6.07, 6.45) is -0.747. The average Bonchev–Trinajstić information content (AvgIpc) is 3.31. The zero-order valence-corrected chi connectivity index (χ0v) is 19.3. The van der Waals surface area contributed by atoms with Crippen LogP contribution in [0, 0.1) is 11.8 Å². The number of likely N-dealkylation sites (tertiary alicyclic amines) is 1. The van der Waals surface area contributed by atoms with Crippen molar-refractivity contribution in [3.05, 3.63) is 60.2 Å². The maximum Gasteiger partial charge on any atom is 0.573 e. The van der Waals surface area contributed by atoms with Gasteiger partial charge in [-0.3, -0.25) is 9.69 Å². The molecule has 1 amide bonds. The van der Waals surface area contributed by atoms with E-state index in [4.69, 9.17) is 0 Å². The average molecular weight is 476 g/mol. The second-order valence-corrected chi connectivity index (χ2v) is 9.26. The van der Waals surface area contributed by atoms with Crippen LogP contribution in [-0.2, 0) is 11.3 Å². The van der Waals surface area contributed by atoms with Crippen molar-refractivity contribution in [1.29, 1.82) is 0 Å². The molecular weight excluding hydrogens is 443 g/mol. The van der Waals surface area contributed by atoms with E-state index in [0.717, 1.165) is 38.9 Å². The topological polar surface area (TPSA) is 44.8 Å². The van der Waals surface area contributed by atoms with Crippen molar-refractivity contribution in [2.45, 2.75) is 38.6 Å². The fourth-order valence-corrected chi connectivity index (χ4v) is 4.90. The van der Waals surface area contributed by atoms with Gasteiger partial charge in [0.2, 0.25) is 5.91 Å². The molecule has 1 N–H and O–H groups in total. The number of nitrogens with one attached hydrogen (secondary N) is 1. The number of alkyl halides is 3. The molecule has 0 saturated carbocycles. The fourth-order valence-electron chi connectivity index (χ4n) is 4.90. The van der Waals surface area contributed by atoms with Gasteiger partial charge in [-0.05, 0) is 62.4 Å². The molecule has 4 rings (SSSR count). The second kappa shape index (κ2) is 11.1. The Labute approximate surface area is 198 Å². The summed E-state index contributed by atoms with van der Waals surface area (Å²) in [7, 11) is 0. The lowest BCUT2D eigenvalue weighted by atomic mass is 9.93. The van der Waals surface area contributed by atoms with E-state index in [1.165, 1.54) is 23.8 Å². The van der Waals surface area contributed by atoms with E-state index in [-0.39, 0.29) is 17.6 Å². The zero-order valence-electron chi connectivity index (χ0n) is 19.3. The monoisotopic (exact) mass is 475 g/mol. The molecule has 0 spiro atoms. The summed E-state index contributed by atoms with van der Waals surface area (Å²) in [6.45, 7) is 4.97. The number of carbonyl (C=O) groups is 1. The zero-order chi connectivity index (χ0) is 24.0. The molecule has 2 aliphatic rings. The summed E-state index contributed by atoms with van der Waals surface area (Å²) < 4.78 is 41.5. The van der Waals surface area contributed by atoms with Gasteiger partial charge in [-0.25, -0.2) is 0 Å². The quantitative estimate of drug-likeness (QED) is 0.594. The third-order valence-electron chi connectivity index (χ3n) is 6.78. The Morgan fingerprint density at radius 1 is 1.00 bits per heavy atom. The lowest BCUT2D eigenvalue weighted by Gasteiger charge is -2.32. The van der Waals surface area contributed by atoms with Gasteiger partial charge in [-0.2, -0.15) is 0 Å². The number of halogens is 3. The van der Waals surface area contributed by atoms with E-state index in [1.54, 1.807) is 6.07 Å². The highest BCUT2D eigenvalue weighted by atomic mass is 19.4. The van der Waals surface area contributed by atoms with E-state index < -0.39 is 6.36 Å². The van der Waals surface area contributed by atoms with Crippen molar-refractivity contribution < 1.29 is 22.7 Å². The summed E-state index contributed by atoms with van der Waals surface area (Å²) in [4.78, 5) is 17.1. The van der Waals surface area contributed by atoms with E-state index in [0.29, 0.717) is 37.7 Å². The molecule has 2 aromatic rings. The van der Waals surface area contributed by atoms with Crippen molar-refractivity contribution in [2.75, 3.05) is 37.6 Å². The van der Waals surface area contributed by atoms with E-state index >= 15 is 0 Å². The maximum atomic E-state index is 12.7. The molecule has 2 aliphatic heterocycles. The van der Waals surface area contributed by atoms with Gasteiger partial charge in [0, 0.05) is 37.9 Å². The van der Waals surface area contributed by atoms with Crippen LogP contribution in [0.15, 0.2) is 54.6 Å². The Kier molecular flexibility index (Phi) is 7.98. The highest BCUT2D eigenvalue weighted by molar-refractivity contribution is 5.80. The minimum atomic E-state index is -4.72. The van der Waals surface area contributed by atoms with Crippen LogP contribution in [0.2, 0.25) is 0 Å². The first-order chi connectivity index (χ1) is 16.4. The number of piperidine rings is 1. The number of benzene rings is 2. The number of ether oxygens (including phenoxy) is 1. The van der Waals surface area contributed by atoms with Crippen molar-refractivity contribution in [1.82, 2.24) is 10.2 Å². The van der Waals surface area contributed by atoms with Crippen LogP contribution in [0.5, 0.6) is 5.75 Å². The fraction of sp³-hybridized carbons (Fsp3) is 0.500. The van der Waals surface area contributed by atoms with Crippen LogP contribution in [-0.4, -0.2) is 49.9 Å². The van der Waals surface area contributed by atoms with Gasteiger partial charge >= 0.3 is 6.36 Å². The number of hydrogen-bond donors (Lipinski definition) is 1. The van der Waals surface area contributed by atoms with Crippen LogP contribution in [0.25, 0.3) is 0 Å². The summed E-state index contributed by atoms with van der Waals surface area (Å²) in [6, 6.07) is 16.5. The maximum absolute atomic E-state index is 12.7. The van der Waals surface area contributed by atoms with Crippen LogP contribution < -0.4 is 15.0 Å². The molecule has 1 atom stereocenters. The first-order valence-corrected chi connectivity index (χ1v) is 12.0. The van der Waals surface area contributed by atoms with Crippen molar-refractivity contribution in [3.8, 4) is 5.75 Å². The van der Waals surface area contributed by atoms with Gasteiger partial charge < -0.3 is 15.0 Å². The second-order valence-electron chi connectivity index (χ2n) is 9.26. The Morgan fingerprint density at radius 3 is 2.50 bits per heavy atom. The number of amides is 1. The summed E-state index contributed by atoms with van der Waals surface area (Å²) >= 11 is 0. The van der Waals surface area contributed by atoms with Crippen LogP contribution in [0.3, 0.4) is 0 Å². The van der Waals surface area contributed by atoms with Gasteiger partial charge in [0.15, 0.2) is 0 Å². The third kappa shape index (κ3) is 7.13. The molecule has 184 valence electrons.